The second kappa shape index (κ2) is 3.03. The highest BCUT2D eigenvalue weighted by Crippen LogP contribution is 2.38. The van der Waals surface area contributed by atoms with Crippen molar-refractivity contribution in [2.24, 2.45) is 0 Å². The van der Waals surface area contributed by atoms with Gasteiger partial charge in [-0.25, -0.2) is 4.79 Å². The summed E-state index contributed by atoms with van der Waals surface area (Å²) in [5.74, 6) is -1.00. The van der Waals surface area contributed by atoms with Crippen LogP contribution in [0.3, 0.4) is 0 Å². The van der Waals surface area contributed by atoms with E-state index in [9.17, 15) is 9.90 Å². The van der Waals surface area contributed by atoms with Gasteiger partial charge in [-0.3, -0.25) is 0 Å². The van der Waals surface area contributed by atoms with Crippen LogP contribution in [0.1, 0.15) is 33.6 Å². The maximum atomic E-state index is 10.8. The molecule has 1 aromatic rings. The zero-order valence-corrected chi connectivity index (χ0v) is 7.86. The topological polar surface area (TPSA) is 57.5 Å². The van der Waals surface area contributed by atoms with Crippen molar-refractivity contribution >= 4 is 17.3 Å². The first-order valence-electron chi connectivity index (χ1n) is 4.27. The standard InChI is InChI=1S/C9H10O3S/c10-8(11)7-5-3-1-2-4-6(5)13-9(7)12/h12H,1-4H2,(H,10,11). The van der Waals surface area contributed by atoms with E-state index in [-0.39, 0.29) is 10.6 Å². The van der Waals surface area contributed by atoms with Crippen LogP contribution < -0.4 is 0 Å². The number of carboxylic acid groups (broad SMARTS) is 1. The lowest BCUT2D eigenvalue weighted by Crippen LogP contribution is -2.05. The summed E-state index contributed by atoms with van der Waals surface area (Å²) in [5.41, 5.74) is 1.00. The molecule has 0 aromatic carbocycles. The molecule has 70 valence electrons. The lowest BCUT2D eigenvalue weighted by Gasteiger charge is -2.10. The van der Waals surface area contributed by atoms with Gasteiger partial charge in [0.25, 0.3) is 0 Å². The van der Waals surface area contributed by atoms with Crippen LogP contribution in [0.25, 0.3) is 0 Å². The SMILES string of the molecule is O=C(O)c1c(O)sc2c1CCCC2. The van der Waals surface area contributed by atoms with Crippen molar-refractivity contribution in [2.45, 2.75) is 25.7 Å². The van der Waals surface area contributed by atoms with E-state index in [0.717, 1.165) is 36.1 Å². The molecule has 1 heterocycles. The molecule has 0 saturated heterocycles. The predicted octanol–water partition coefficient (Wildman–Crippen LogP) is 2.03. The molecular weight excluding hydrogens is 188 g/mol. The molecule has 0 unspecified atom stereocenters. The first-order valence-corrected chi connectivity index (χ1v) is 5.08. The van der Waals surface area contributed by atoms with E-state index in [1.54, 1.807) is 0 Å². The number of carboxylic acids is 1. The molecule has 1 aromatic heterocycles. The molecule has 1 aliphatic carbocycles. The summed E-state index contributed by atoms with van der Waals surface area (Å²) in [6, 6.07) is 0. The largest absolute Gasteiger partial charge is 0.499 e. The number of aromatic carboxylic acids is 1. The number of fused-ring (bicyclic) bond motifs is 1. The highest BCUT2D eigenvalue weighted by molar-refractivity contribution is 7.14. The molecule has 0 saturated carbocycles. The summed E-state index contributed by atoms with van der Waals surface area (Å²) in [4.78, 5) is 11.9. The fourth-order valence-electron chi connectivity index (χ4n) is 1.77. The van der Waals surface area contributed by atoms with E-state index in [1.807, 2.05) is 0 Å². The molecule has 0 aliphatic heterocycles. The van der Waals surface area contributed by atoms with Gasteiger partial charge in [-0.15, -0.1) is 11.3 Å². The smallest absolute Gasteiger partial charge is 0.340 e. The van der Waals surface area contributed by atoms with Crippen LogP contribution in [0.5, 0.6) is 5.06 Å². The molecule has 2 rings (SSSR count). The Balaban J connectivity index is 2.54. The summed E-state index contributed by atoms with van der Waals surface area (Å²) in [6.07, 6.45) is 3.85. The van der Waals surface area contributed by atoms with Crippen molar-refractivity contribution in [2.75, 3.05) is 0 Å². The minimum Gasteiger partial charge on any atom is -0.499 e. The van der Waals surface area contributed by atoms with Crippen LogP contribution in [0.4, 0.5) is 0 Å². The normalized spacial score (nSPS) is 15.4. The lowest BCUT2D eigenvalue weighted by atomic mass is 9.96. The van der Waals surface area contributed by atoms with Gasteiger partial charge in [-0.1, -0.05) is 0 Å². The lowest BCUT2D eigenvalue weighted by molar-refractivity contribution is 0.0693. The summed E-state index contributed by atoms with van der Waals surface area (Å²) in [6.45, 7) is 0. The molecule has 0 spiro atoms. The second-order valence-corrected chi connectivity index (χ2v) is 4.28. The molecule has 13 heavy (non-hydrogen) atoms. The van der Waals surface area contributed by atoms with Crippen molar-refractivity contribution < 1.29 is 15.0 Å². The van der Waals surface area contributed by atoms with Gasteiger partial charge in [0.2, 0.25) is 0 Å². The molecular formula is C9H10O3S. The first-order chi connectivity index (χ1) is 6.20. The highest BCUT2D eigenvalue weighted by atomic mass is 32.1. The number of carbonyl (C=O) groups is 1. The zero-order chi connectivity index (χ0) is 9.42. The van der Waals surface area contributed by atoms with Crippen molar-refractivity contribution in [1.82, 2.24) is 0 Å². The van der Waals surface area contributed by atoms with Crippen LogP contribution in [-0.4, -0.2) is 16.2 Å². The van der Waals surface area contributed by atoms with Crippen molar-refractivity contribution in [3.05, 3.63) is 16.0 Å². The Hall–Kier alpha value is -1.03. The van der Waals surface area contributed by atoms with Gasteiger partial charge in [0.1, 0.15) is 5.56 Å². The molecule has 0 atom stereocenters. The van der Waals surface area contributed by atoms with Gasteiger partial charge in [0, 0.05) is 4.88 Å². The third-order valence-corrected chi connectivity index (χ3v) is 3.46. The highest BCUT2D eigenvalue weighted by Gasteiger charge is 2.24. The summed E-state index contributed by atoms with van der Waals surface area (Å²) >= 11 is 1.22. The van der Waals surface area contributed by atoms with Crippen LogP contribution in [0, 0.1) is 0 Å². The molecule has 1 aliphatic rings. The van der Waals surface area contributed by atoms with E-state index in [0.29, 0.717) is 0 Å². The van der Waals surface area contributed by atoms with Gasteiger partial charge < -0.3 is 10.2 Å². The molecule has 4 heteroatoms. The molecule has 0 amide bonds. The fourth-order valence-corrected chi connectivity index (χ4v) is 2.89. The van der Waals surface area contributed by atoms with E-state index in [4.69, 9.17) is 5.11 Å². The number of aromatic hydroxyl groups is 1. The average molecular weight is 198 g/mol. The van der Waals surface area contributed by atoms with Crippen LogP contribution in [0.15, 0.2) is 0 Å². The number of rotatable bonds is 1. The summed E-state index contributed by atoms with van der Waals surface area (Å²) in [7, 11) is 0. The quantitative estimate of drug-likeness (QED) is 0.726. The van der Waals surface area contributed by atoms with Crippen molar-refractivity contribution in [1.29, 1.82) is 0 Å². The Kier molecular flexibility index (Phi) is 2.00. The average Bonchev–Trinajstić information content (AvgIpc) is 2.39. The Morgan fingerprint density at radius 2 is 2.00 bits per heavy atom. The Bertz CT molecular complexity index is 354. The van der Waals surface area contributed by atoms with E-state index >= 15 is 0 Å². The van der Waals surface area contributed by atoms with Crippen molar-refractivity contribution in [3.63, 3.8) is 0 Å². The van der Waals surface area contributed by atoms with E-state index in [1.165, 1.54) is 11.3 Å². The van der Waals surface area contributed by atoms with Gasteiger partial charge >= 0.3 is 5.97 Å². The van der Waals surface area contributed by atoms with E-state index < -0.39 is 5.97 Å². The monoisotopic (exact) mass is 198 g/mol. The molecule has 3 nitrogen and oxygen atoms in total. The maximum absolute atomic E-state index is 10.8. The minimum absolute atomic E-state index is 0.0283. The predicted molar refractivity (Wildman–Crippen MR) is 49.6 cm³/mol. The summed E-state index contributed by atoms with van der Waals surface area (Å²) < 4.78 is 0. The van der Waals surface area contributed by atoms with Gasteiger partial charge in [0.05, 0.1) is 0 Å². The van der Waals surface area contributed by atoms with Crippen LogP contribution in [0.2, 0.25) is 0 Å². The molecule has 0 radical (unpaired) electrons. The van der Waals surface area contributed by atoms with Crippen molar-refractivity contribution in [3.8, 4) is 5.06 Å². The van der Waals surface area contributed by atoms with E-state index in [2.05, 4.69) is 0 Å². The first kappa shape index (κ1) is 8.56. The number of thiophene rings is 1. The Labute approximate surface area is 79.6 Å². The van der Waals surface area contributed by atoms with Crippen LogP contribution in [-0.2, 0) is 12.8 Å². The number of aryl methyl sites for hydroxylation is 1. The molecule has 0 bridgehead atoms. The Morgan fingerprint density at radius 3 is 2.69 bits per heavy atom. The minimum atomic E-state index is -1.00. The van der Waals surface area contributed by atoms with Crippen LogP contribution >= 0.6 is 11.3 Å². The zero-order valence-electron chi connectivity index (χ0n) is 7.04. The third-order valence-electron chi connectivity index (χ3n) is 2.37. The summed E-state index contributed by atoms with van der Waals surface area (Å²) in [5, 5.41) is 18.2. The number of hydrogen-bond acceptors (Lipinski definition) is 3. The number of hydrogen-bond donors (Lipinski definition) is 2. The van der Waals surface area contributed by atoms with Gasteiger partial charge in [-0.05, 0) is 31.2 Å². The third kappa shape index (κ3) is 1.31. The fraction of sp³-hybridized carbons (Fsp3) is 0.444. The molecule has 0 fully saturated rings. The second-order valence-electron chi connectivity index (χ2n) is 3.20. The van der Waals surface area contributed by atoms with Gasteiger partial charge in [-0.2, -0.15) is 0 Å². The Morgan fingerprint density at radius 1 is 1.31 bits per heavy atom. The maximum Gasteiger partial charge on any atom is 0.340 e. The van der Waals surface area contributed by atoms with Gasteiger partial charge in [0.15, 0.2) is 5.06 Å². The molecule has 2 N–H and O–H groups in total.